The van der Waals surface area contributed by atoms with Crippen molar-refractivity contribution in [2.75, 3.05) is 12.0 Å². The minimum Gasteiger partial charge on any atom is -0.323 e. The standard InChI is InChI=1S/C12H16ClN3O2/c1-12(2)7-18-16(11(12)17)6-8-4-3-5-9(15-14)10(8)13/h3-5,15H,6-7,14H2,1-2H3. The van der Waals surface area contributed by atoms with Gasteiger partial charge >= 0.3 is 0 Å². The van der Waals surface area contributed by atoms with Crippen molar-refractivity contribution in [2.45, 2.75) is 20.4 Å². The van der Waals surface area contributed by atoms with Crippen molar-refractivity contribution in [1.29, 1.82) is 0 Å². The lowest BCUT2D eigenvalue weighted by Crippen LogP contribution is -2.30. The number of nitrogen functional groups attached to an aromatic ring is 1. The molecular weight excluding hydrogens is 254 g/mol. The number of rotatable bonds is 3. The molecule has 0 bridgehead atoms. The largest absolute Gasteiger partial charge is 0.323 e. The molecule has 0 aromatic heterocycles. The lowest BCUT2D eigenvalue weighted by atomic mass is 9.95. The quantitative estimate of drug-likeness (QED) is 0.650. The summed E-state index contributed by atoms with van der Waals surface area (Å²) in [5.41, 5.74) is 3.45. The maximum absolute atomic E-state index is 12.0. The van der Waals surface area contributed by atoms with Gasteiger partial charge in [-0.15, -0.1) is 0 Å². The van der Waals surface area contributed by atoms with Gasteiger partial charge in [-0.2, -0.15) is 0 Å². The van der Waals surface area contributed by atoms with Crippen LogP contribution in [0.1, 0.15) is 19.4 Å². The Hall–Kier alpha value is -1.30. The minimum atomic E-state index is -0.476. The Bertz CT molecular complexity index is 476. The average molecular weight is 270 g/mol. The number of hydrazine groups is 1. The van der Waals surface area contributed by atoms with Crippen LogP contribution in [-0.2, 0) is 16.2 Å². The van der Waals surface area contributed by atoms with Crippen molar-refractivity contribution in [3.63, 3.8) is 0 Å². The summed E-state index contributed by atoms with van der Waals surface area (Å²) in [5, 5.41) is 1.85. The number of carbonyl (C=O) groups excluding carboxylic acids is 1. The van der Waals surface area contributed by atoms with Gasteiger partial charge in [-0.05, 0) is 25.5 Å². The SMILES string of the molecule is CC1(C)CON(Cc2cccc(NN)c2Cl)C1=O. The Morgan fingerprint density at radius 3 is 2.83 bits per heavy atom. The smallest absolute Gasteiger partial charge is 0.254 e. The van der Waals surface area contributed by atoms with E-state index in [4.69, 9.17) is 22.3 Å². The summed E-state index contributed by atoms with van der Waals surface area (Å²) in [6, 6.07) is 5.43. The minimum absolute atomic E-state index is 0.0373. The van der Waals surface area contributed by atoms with Crippen molar-refractivity contribution < 1.29 is 9.63 Å². The zero-order valence-corrected chi connectivity index (χ0v) is 11.1. The fourth-order valence-corrected chi connectivity index (χ4v) is 2.02. The highest BCUT2D eigenvalue weighted by atomic mass is 35.5. The molecule has 18 heavy (non-hydrogen) atoms. The molecule has 6 heteroatoms. The van der Waals surface area contributed by atoms with Crippen molar-refractivity contribution in [3.05, 3.63) is 28.8 Å². The van der Waals surface area contributed by atoms with E-state index in [1.807, 2.05) is 26.0 Å². The van der Waals surface area contributed by atoms with E-state index in [-0.39, 0.29) is 5.91 Å². The number of hydroxylamine groups is 2. The highest BCUT2D eigenvalue weighted by molar-refractivity contribution is 6.34. The molecule has 1 amide bonds. The molecule has 98 valence electrons. The second-order valence-electron chi connectivity index (χ2n) is 4.92. The summed E-state index contributed by atoms with van der Waals surface area (Å²) in [4.78, 5) is 17.4. The number of nitrogens with one attached hydrogen (secondary N) is 1. The predicted octanol–water partition coefficient (Wildman–Crippen LogP) is 1.93. The van der Waals surface area contributed by atoms with Gasteiger partial charge in [-0.1, -0.05) is 23.7 Å². The van der Waals surface area contributed by atoms with Crippen LogP contribution in [0.3, 0.4) is 0 Å². The molecule has 2 rings (SSSR count). The monoisotopic (exact) mass is 269 g/mol. The Kier molecular flexibility index (Phi) is 3.47. The first-order valence-corrected chi connectivity index (χ1v) is 6.02. The van der Waals surface area contributed by atoms with E-state index in [1.165, 1.54) is 5.06 Å². The normalized spacial score (nSPS) is 18.2. The number of amides is 1. The Balaban J connectivity index is 2.18. The van der Waals surface area contributed by atoms with E-state index in [0.29, 0.717) is 23.9 Å². The number of anilines is 1. The van der Waals surface area contributed by atoms with Gasteiger partial charge in [0.25, 0.3) is 5.91 Å². The number of nitrogens with two attached hydrogens (primary N) is 1. The molecule has 0 saturated carbocycles. The van der Waals surface area contributed by atoms with Crippen LogP contribution >= 0.6 is 11.6 Å². The third-order valence-corrected chi connectivity index (χ3v) is 3.38. The zero-order valence-electron chi connectivity index (χ0n) is 10.4. The molecule has 1 aromatic carbocycles. The Labute approximate surface area is 111 Å². The molecule has 1 aliphatic rings. The fraction of sp³-hybridized carbons (Fsp3) is 0.417. The topological polar surface area (TPSA) is 67.6 Å². The van der Waals surface area contributed by atoms with E-state index < -0.39 is 5.41 Å². The second-order valence-corrected chi connectivity index (χ2v) is 5.30. The lowest BCUT2D eigenvalue weighted by Gasteiger charge is -2.18. The highest BCUT2D eigenvalue weighted by Gasteiger charge is 2.40. The molecule has 1 saturated heterocycles. The van der Waals surface area contributed by atoms with Crippen LogP contribution in [0.2, 0.25) is 5.02 Å². The van der Waals surface area contributed by atoms with Gasteiger partial charge in [0.2, 0.25) is 0 Å². The molecule has 1 aliphatic heterocycles. The molecule has 0 atom stereocenters. The first kappa shape index (κ1) is 13.1. The van der Waals surface area contributed by atoms with Gasteiger partial charge in [-0.3, -0.25) is 15.5 Å². The summed E-state index contributed by atoms with van der Waals surface area (Å²) >= 11 is 6.17. The van der Waals surface area contributed by atoms with E-state index in [1.54, 1.807) is 6.07 Å². The molecule has 1 fully saturated rings. The van der Waals surface area contributed by atoms with Gasteiger partial charge < -0.3 is 5.43 Å². The molecule has 5 nitrogen and oxygen atoms in total. The molecule has 0 unspecified atom stereocenters. The number of carbonyl (C=O) groups is 1. The summed E-state index contributed by atoms with van der Waals surface area (Å²) in [6.45, 7) is 4.42. The third kappa shape index (κ3) is 2.29. The van der Waals surface area contributed by atoms with Crippen molar-refractivity contribution in [1.82, 2.24) is 5.06 Å². The molecular formula is C12H16ClN3O2. The van der Waals surface area contributed by atoms with Crippen LogP contribution in [0.4, 0.5) is 5.69 Å². The number of benzene rings is 1. The second kappa shape index (κ2) is 4.76. The van der Waals surface area contributed by atoms with Crippen LogP contribution in [-0.4, -0.2) is 17.6 Å². The average Bonchev–Trinajstić information content (AvgIpc) is 2.59. The van der Waals surface area contributed by atoms with Crippen LogP contribution < -0.4 is 11.3 Å². The molecule has 0 aliphatic carbocycles. The number of halogens is 1. The van der Waals surface area contributed by atoms with Crippen LogP contribution in [0.15, 0.2) is 18.2 Å². The third-order valence-electron chi connectivity index (χ3n) is 2.93. The highest BCUT2D eigenvalue weighted by Crippen LogP contribution is 2.31. The molecule has 1 heterocycles. The maximum Gasteiger partial charge on any atom is 0.254 e. The molecule has 0 spiro atoms. The van der Waals surface area contributed by atoms with E-state index >= 15 is 0 Å². The first-order chi connectivity index (χ1) is 8.45. The van der Waals surface area contributed by atoms with Crippen molar-refractivity contribution >= 4 is 23.2 Å². The van der Waals surface area contributed by atoms with Crippen LogP contribution in [0.5, 0.6) is 0 Å². The van der Waals surface area contributed by atoms with Gasteiger partial charge in [-0.25, -0.2) is 5.06 Å². The van der Waals surface area contributed by atoms with Crippen molar-refractivity contribution in [3.8, 4) is 0 Å². The van der Waals surface area contributed by atoms with Crippen LogP contribution in [0.25, 0.3) is 0 Å². The number of hydrogen-bond donors (Lipinski definition) is 2. The summed E-state index contributed by atoms with van der Waals surface area (Å²) in [6.07, 6.45) is 0. The predicted molar refractivity (Wildman–Crippen MR) is 69.5 cm³/mol. The summed E-state index contributed by atoms with van der Waals surface area (Å²) < 4.78 is 0. The fourth-order valence-electron chi connectivity index (χ4n) is 1.78. The number of nitrogens with zero attached hydrogens (tertiary/aromatic N) is 1. The van der Waals surface area contributed by atoms with E-state index in [0.717, 1.165) is 5.56 Å². The van der Waals surface area contributed by atoms with Gasteiger partial charge in [0.05, 0.1) is 29.3 Å². The Morgan fingerprint density at radius 2 is 2.28 bits per heavy atom. The van der Waals surface area contributed by atoms with E-state index in [2.05, 4.69) is 5.43 Å². The maximum atomic E-state index is 12.0. The van der Waals surface area contributed by atoms with Gasteiger partial charge in [0.15, 0.2) is 0 Å². The van der Waals surface area contributed by atoms with Gasteiger partial charge in [0.1, 0.15) is 0 Å². The van der Waals surface area contributed by atoms with Crippen molar-refractivity contribution in [2.24, 2.45) is 11.3 Å². The van der Waals surface area contributed by atoms with Gasteiger partial charge in [0, 0.05) is 0 Å². The van der Waals surface area contributed by atoms with E-state index in [9.17, 15) is 4.79 Å². The lowest BCUT2D eigenvalue weighted by molar-refractivity contribution is -0.165. The molecule has 3 N–H and O–H groups in total. The number of hydrogen-bond acceptors (Lipinski definition) is 4. The van der Waals surface area contributed by atoms with Crippen LogP contribution in [0, 0.1) is 5.41 Å². The Morgan fingerprint density at radius 1 is 1.56 bits per heavy atom. The molecule has 1 aromatic rings. The molecule has 0 radical (unpaired) electrons. The zero-order chi connectivity index (χ0) is 13.3. The summed E-state index contributed by atoms with van der Waals surface area (Å²) in [7, 11) is 0. The summed E-state index contributed by atoms with van der Waals surface area (Å²) in [5.74, 6) is 5.31. The first-order valence-electron chi connectivity index (χ1n) is 5.64.